The van der Waals surface area contributed by atoms with E-state index in [9.17, 15) is 9.59 Å². The molecule has 1 aromatic carbocycles. The highest BCUT2D eigenvalue weighted by atomic mass is 35.5. The molecule has 1 aliphatic rings. The lowest BCUT2D eigenvalue weighted by molar-refractivity contribution is -0.134. The van der Waals surface area contributed by atoms with Crippen LogP contribution >= 0.6 is 22.9 Å². The number of fused-ring (bicyclic) bond motifs is 1. The first-order valence-electron chi connectivity index (χ1n) is 10.7. The van der Waals surface area contributed by atoms with Crippen LogP contribution in [0.25, 0.3) is 0 Å². The Balaban J connectivity index is 1.86. The molecule has 2 aromatic rings. The van der Waals surface area contributed by atoms with E-state index < -0.39 is 0 Å². The Morgan fingerprint density at radius 2 is 1.90 bits per heavy atom. The topological polar surface area (TPSA) is 52.7 Å². The predicted molar refractivity (Wildman–Crippen MR) is 128 cm³/mol. The molecule has 0 bridgehead atoms. The highest BCUT2D eigenvalue weighted by Crippen LogP contribution is 2.38. The Hall–Kier alpha value is -2.05. The number of nitrogens with one attached hydrogen (secondary N) is 1. The lowest BCUT2D eigenvalue weighted by atomic mass is 9.93. The highest BCUT2D eigenvalue weighted by Gasteiger charge is 2.34. The van der Waals surface area contributed by atoms with Gasteiger partial charge in [0.05, 0.1) is 6.04 Å². The zero-order valence-electron chi connectivity index (χ0n) is 18.9. The van der Waals surface area contributed by atoms with Gasteiger partial charge in [0.2, 0.25) is 5.91 Å². The molecule has 0 spiro atoms. The lowest BCUT2D eigenvalue weighted by Crippen LogP contribution is -2.53. The summed E-state index contributed by atoms with van der Waals surface area (Å²) < 4.78 is 0. The fourth-order valence-electron chi connectivity index (χ4n) is 3.90. The second-order valence-electron chi connectivity index (χ2n) is 9.54. The summed E-state index contributed by atoms with van der Waals surface area (Å²) in [5.41, 5.74) is 1.84. The van der Waals surface area contributed by atoms with Crippen LogP contribution in [0.2, 0.25) is 5.02 Å². The molecule has 5 nitrogen and oxygen atoms in total. The Morgan fingerprint density at radius 3 is 2.52 bits per heavy atom. The zero-order valence-corrected chi connectivity index (χ0v) is 20.5. The molecular formula is C24H32ClN3O2S. The minimum absolute atomic E-state index is 0.0403. The lowest BCUT2D eigenvalue weighted by Gasteiger charge is -2.38. The minimum atomic E-state index is -0.363. The van der Waals surface area contributed by atoms with Crippen LogP contribution in [0.15, 0.2) is 35.7 Å². The molecule has 31 heavy (non-hydrogen) atoms. The fourth-order valence-corrected chi connectivity index (χ4v) is 4.93. The third-order valence-electron chi connectivity index (χ3n) is 5.15. The van der Waals surface area contributed by atoms with Crippen LogP contribution in [0.4, 0.5) is 4.79 Å². The van der Waals surface area contributed by atoms with Crippen molar-refractivity contribution < 1.29 is 9.59 Å². The summed E-state index contributed by atoms with van der Waals surface area (Å²) in [6.07, 6.45) is 0.835. The summed E-state index contributed by atoms with van der Waals surface area (Å²) in [5, 5.41) is 5.75. The summed E-state index contributed by atoms with van der Waals surface area (Å²) in [5.74, 6) is 0.219. The van der Waals surface area contributed by atoms with E-state index in [2.05, 4.69) is 30.6 Å². The van der Waals surface area contributed by atoms with Gasteiger partial charge in [-0.05, 0) is 67.8 Å². The van der Waals surface area contributed by atoms with Crippen molar-refractivity contribution in [1.29, 1.82) is 0 Å². The number of urea groups is 1. The Bertz CT molecular complexity index is 918. The van der Waals surface area contributed by atoms with Crippen molar-refractivity contribution in [1.82, 2.24) is 15.1 Å². The van der Waals surface area contributed by atoms with Gasteiger partial charge in [-0.25, -0.2) is 4.79 Å². The second-order valence-corrected chi connectivity index (χ2v) is 11.0. The maximum absolute atomic E-state index is 13.5. The maximum atomic E-state index is 13.5. The van der Waals surface area contributed by atoms with Crippen LogP contribution in [0.1, 0.15) is 56.7 Å². The van der Waals surface area contributed by atoms with E-state index >= 15 is 0 Å². The van der Waals surface area contributed by atoms with E-state index in [1.165, 1.54) is 10.4 Å². The Labute approximate surface area is 194 Å². The quantitative estimate of drug-likeness (QED) is 0.653. The van der Waals surface area contributed by atoms with Crippen LogP contribution < -0.4 is 5.32 Å². The molecule has 7 heteroatoms. The van der Waals surface area contributed by atoms with E-state index in [1.54, 1.807) is 16.2 Å². The van der Waals surface area contributed by atoms with Gasteiger partial charge < -0.3 is 15.1 Å². The van der Waals surface area contributed by atoms with Gasteiger partial charge in [0.1, 0.15) is 6.54 Å². The first-order chi connectivity index (χ1) is 14.5. The molecule has 1 aliphatic heterocycles. The van der Waals surface area contributed by atoms with Crippen molar-refractivity contribution in [2.45, 2.75) is 52.6 Å². The van der Waals surface area contributed by atoms with Crippen molar-refractivity contribution in [2.24, 2.45) is 5.92 Å². The van der Waals surface area contributed by atoms with E-state index in [1.807, 2.05) is 49.9 Å². The molecule has 2 heterocycles. The van der Waals surface area contributed by atoms with Gasteiger partial charge in [0, 0.05) is 28.5 Å². The van der Waals surface area contributed by atoms with Crippen molar-refractivity contribution in [2.75, 3.05) is 19.6 Å². The third kappa shape index (κ3) is 6.01. The van der Waals surface area contributed by atoms with Crippen LogP contribution in [0.3, 0.4) is 0 Å². The average Bonchev–Trinajstić information content (AvgIpc) is 3.14. The van der Waals surface area contributed by atoms with Gasteiger partial charge in [-0.15, -0.1) is 11.3 Å². The summed E-state index contributed by atoms with van der Waals surface area (Å²) in [6, 6.07) is 9.44. The number of rotatable bonds is 5. The number of carbonyl (C=O) groups excluding carboxylic acids is 2. The number of benzene rings is 1. The Morgan fingerprint density at radius 1 is 1.23 bits per heavy atom. The number of hydrogen-bond donors (Lipinski definition) is 1. The summed E-state index contributed by atoms with van der Waals surface area (Å²) in [4.78, 5) is 31.3. The SMILES string of the molecule is CC(C)CN(CC(=O)N1CCc2sccc2C1c1ccc(Cl)cc1)C(=O)NC(C)(C)C. The minimum Gasteiger partial charge on any atom is -0.333 e. The van der Waals surface area contributed by atoms with Crippen molar-refractivity contribution in [3.05, 3.63) is 56.7 Å². The van der Waals surface area contributed by atoms with Gasteiger partial charge in [-0.2, -0.15) is 0 Å². The largest absolute Gasteiger partial charge is 0.333 e. The van der Waals surface area contributed by atoms with E-state index in [0.717, 1.165) is 12.0 Å². The molecule has 0 saturated heterocycles. The van der Waals surface area contributed by atoms with Crippen molar-refractivity contribution >= 4 is 34.9 Å². The predicted octanol–water partition coefficient (Wildman–Crippen LogP) is 5.34. The molecule has 0 fully saturated rings. The summed E-state index contributed by atoms with van der Waals surface area (Å²) in [6.45, 7) is 11.2. The van der Waals surface area contributed by atoms with E-state index in [-0.39, 0.29) is 36.0 Å². The van der Waals surface area contributed by atoms with Gasteiger partial charge in [-0.3, -0.25) is 4.79 Å². The van der Waals surface area contributed by atoms with Crippen molar-refractivity contribution in [3.8, 4) is 0 Å². The molecule has 168 valence electrons. The standard InChI is InChI=1S/C24H32ClN3O2S/c1-16(2)14-27(23(30)26-24(3,4)5)15-21(29)28-12-10-20-19(11-13-31-20)22(28)17-6-8-18(25)9-7-17/h6-9,11,13,16,22H,10,12,14-15H2,1-5H3,(H,26,30). The molecule has 1 N–H and O–H groups in total. The molecule has 3 rings (SSSR count). The van der Waals surface area contributed by atoms with E-state index in [4.69, 9.17) is 11.6 Å². The first kappa shape index (κ1) is 23.6. The smallest absolute Gasteiger partial charge is 0.318 e. The van der Waals surface area contributed by atoms with Crippen LogP contribution in [-0.2, 0) is 11.2 Å². The molecule has 1 unspecified atom stereocenters. The van der Waals surface area contributed by atoms with E-state index in [0.29, 0.717) is 18.1 Å². The monoisotopic (exact) mass is 461 g/mol. The van der Waals surface area contributed by atoms with Crippen LogP contribution in [0, 0.1) is 5.92 Å². The molecule has 1 aromatic heterocycles. The number of nitrogens with zero attached hydrogens (tertiary/aromatic N) is 2. The highest BCUT2D eigenvalue weighted by molar-refractivity contribution is 7.10. The number of hydrogen-bond acceptors (Lipinski definition) is 3. The molecule has 0 saturated carbocycles. The van der Waals surface area contributed by atoms with Gasteiger partial charge in [0.15, 0.2) is 0 Å². The Kier molecular flexibility index (Phi) is 7.32. The molecule has 3 amide bonds. The molecule has 1 atom stereocenters. The molecule has 0 radical (unpaired) electrons. The van der Waals surface area contributed by atoms with Gasteiger partial charge in [-0.1, -0.05) is 37.6 Å². The normalized spacial score (nSPS) is 16.2. The fraction of sp³-hybridized carbons (Fsp3) is 0.500. The van der Waals surface area contributed by atoms with Crippen molar-refractivity contribution in [3.63, 3.8) is 0 Å². The molecular weight excluding hydrogens is 430 g/mol. The first-order valence-corrected chi connectivity index (χ1v) is 12.0. The van der Waals surface area contributed by atoms with Gasteiger partial charge in [0.25, 0.3) is 0 Å². The third-order valence-corrected chi connectivity index (χ3v) is 6.40. The van der Waals surface area contributed by atoms with Crippen LogP contribution in [-0.4, -0.2) is 46.9 Å². The number of thiophene rings is 1. The van der Waals surface area contributed by atoms with Crippen LogP contribution in [0.5, 0.6) is 0 Å². The average molecular weight is 462 g/mol. The summed E-state index contributed by atoms with van der Waals surface area (Å²) >= 11 is 7.84. The summed E-state index contributed by atoms with van der Waals surface area (Å²) in [7, 11) is 0. The maximum Gasteiger partial charge on any atom is 0.318 e. The zero-order chi connectivity index (χ0) is 22.8. The molecule has 0 aliphatic carbocycles. The number of carbonyl (C=O) groups is 2. The van der Waals surface area contributed by atoms with Gasteiger partial charge >= 0.3 is 6.03 Å². The number of amides is 3. The number of halogens is 1. The second kappa shape index (κ2) is 9.61.